The van der Waals surface area contributed by atoms with E-state index in [4.69, 9.17) is 4.79 Å². The van der Waals surface area contributed by atoms with Gasteiger partial charge in [-0.3, -0.25) is 4.79 Å². The smallest absolute Gasteiger partial charge is 0.234 e. The van der Waals surface area contributed by atoms with Gasteiger partial charge in [-0.1, -0.05) is 12.2 Å². The summed E-state index contributed by atoms with van der Waals surface area (Å²) in [7, 11) is 5.42. The van der Waals surface area contributed by atoms with Gasteiger partial charge in [-0.25, -0.2) is 0 Å². The second-order valence-electron chi connectivity index (χ2n) is 3.07. The normalized spacial score (nSPS) is 7.90. The molecule has 0 bridgehead atoms. The molecular weight excluding hydrogens is 260 g/mol. The highest BCUT2D eigenvalue weighted by Crippen LogP contribution is 1.58. The molecule has 0 aromatic rings. The fraction of sp³-hybridized carbons (Fsp3) is 0.615. The molecule has 0 saturated carbocycles. The summed E-state index contributed by atoms with van der Waals surface area (Å²) >= 11 is 0. The summed E-state index contributed by atoms with van der Waals surface area (Å²) in [5.74, 6) is -0.162. The fourth-order valence-corrected chi connectivity index (χ4v) is 0.379. The molecule has 0 aliphatic carbocycles. The van der Waals surface area contributed by atoms with Crippen molar-refractivity contribution in [2.24, 2.45) is 5.73 Å². The molecule has 0 unspecified atom stereocenters. The molecule has 120 valence electrons. The maximum absolute atomic E-state index is 10.5. The van der Waals surface area contributed by atoms with Gasteiger partial charge in [-0.15, -0.1) is 0 Å². The lowest BCUT2D eigenvalue weighted by Gasteiger charge is -1.97. The average molecular weight is 290 g/mol. The Morgan fingerprint density at radius 3 is 1.65 bits per heavy atom. The van der Waals surface area contributed by atoms with Crippen LogP contribution in [-0.4, -0.2) is 59.3 Å². The molecule has 0 heterocycles. The number of amides is 1. The van der Waals surface area contributed by atoms with Crippen LogP contribution >= 0.6 is 0 Å². The van der Waals surface area contributed by atoms with Crippen LogP contribution in [0.25, 0.3) is 0 Å². The maximum atomic E-state index is 10.5. The Bertz CT molecular complexity index is 218. The summed E-state index contributed by atoms with van der Waals surface area (Å²) in [6, 6.07) is 0. The average Bonchev–Trinajstić information content (AvgIpc) is 2.46. The van der Waals surface area contributed by atoms with Crippen LogP contribution in [0.15, 0.2) is 12.2 Å². The summed E-state index contributed by atoms with van der Waals surface area (Å²) in [4.78, 5) is 29.2. The number of aldehydes is 2. The highest BCUT2D eigenvalue weighted by molar-refractivity contribution is 5.79. The van der Waals surface area contributed by atoms with Gasteiger partial charge in [0.1, 0.15) is 12.6 Å². The van der Waals surface area contributed by atoms with Crippen molar-refractivity contribution in [3.8, 4) is 0 Å². The van der Waals surface area contributed by atoms with Crippen molar-refractivity contribution in [1.29, 1.82) is 0 Å². The van der Waals surface area contributed by atoms with Crippen LogP contribution in [0.5, 0.6) is 0 Å². The molecule has 0 atom stereocenters. The van der Waals surface area contributed by atoms with E-state index in [9.17, 15) is 9.59 Å². The third-order valence-corrected chi connectivity index (χ3v) is 1.15. The van der Waals surface area contributed by atoms with Crippen LogP contribution in [0.2, 0.25) is 0 Å². The SMILES string of the molecule is C/C=C/C.CNC.CNCC(=O)NCC=O.NCC=O. The first kappa shape index (κ1) is 26.9. The van der Waals surface area contributed by atoms with Crippen molar-refractivity contribution < 1.29 is 14.4 Å². The monoisotopic (exact) mass is 290 g/mol. The van der Waals surface area contributed by atoms with E-state index in [0.29, 0.717) is 12.6 Å². The van der Waals surface area contributed by atoms with Crippen molar-refractivity contribution in [3.63, 3.8) is 0 Å². The van der Waals surface area contributed by atoms with E-state index >= 15 is 0 Å². The molecule has 0 spiro atoms. The van der Waals surface area contributed by atoms with Gasteiger partial charge in [0, 0.05) is 6.54 Å². The number of hydrogen-bond acceptors (Lipinski definition) is 6. The molecule has 7 heteroatoms. The van der Waals surface area contributed by atoms with E-state index in [2.05, 4.69) is 21.7 Å². The maximum Gasteiger partial charge on any atom is 0.234 e. The van der Waals surface area contributed by atoms with Crippen LogP contribution in [0.3, 0.4) is 0 Å². The summed E-state index contributed by atoms with van der Waals surface area (Å²) < 4.78 is 0. The van der Waals surface area contributed by atoms with Crippen molar-refractivity contribution in [3.05, 3.63) is 12.2 Å². The predicted molar refractivity (Wildman–Crippen MR) is 83.6 cm³/mol. The topological polar surface area (TPSA) is 113 Å². The Labute approximate surface area is 122 Å². The van der Waals surface area contributed by atoms with E-state index in [0.717, 1.165) is 0 Å². The largest absolute Gasteiger partial charge is 0.348 e. The Morgan fingerprint density at radius 1 is 1.05 bits per heavy atom. The molecule has 0 aliphatic heterocycles. The van der Waals surface area contributed by atoms with E-state index in [1.54, 1.807) is 7.05 Å². The summed E-state index contributed by atoms with van der Waals surface area (Å²) in [5, 5.41) is 7.76. The summed E-state index contributed by atoms with van der Waals surface area (Å²) in [6.45, 7) is 4.49. The molecule has 0 saturated heterocycles. The molecule has 20 heavy (non-hydrogen) atoms. The van der Waals surface area contributed by atoms with E-state index < -0.39 is 0 Å². The van der Waals surface area contributed by atoms with Gasteiger partial charge in [-0.2, -0.15) is 0 Å². The summed E-state index contributed by atoms with van der Waals surface area (Å²) in [6.07, 6.45) is 5.30. The van der Waals surface area contributed by atoms with Crippen molar-refractivity contribution in [2.75, 3.05) is 40.8 Å². The highest BCUT2D eigenvalue weighted by atomic mass is 16.2. The number of nitrogens with one attached hydrogen (secondary N) is 3. The van der Waals surface area contributed by atoms with Crippen LogP contribution in [0, 0.1) is 0 Å². The molecule has 0 aromatic carbocycles. The Morgan fingerprint density at radius 2 is 1.45 bits per heavy atom. The van der Waals surface area contributed by atoms with Crippen molar-refractivity contribution in [1.82, 2.24) is 16.0 Å². The quantitative estimate of drug-likeness (QED) is 0.385. The first-order valence-electron chi connectivity index (χ1n) is 6.20. The zero-order valence-corrected chi connectivity index (χ0v) is 13.2. The molecular formula is C13H30N4O3. The lowest BCUT2D eigenvalue weighted by molar-refractivity contribution is -0.121. The number of rotatable bonds is 5. The standard InChI is InChI=1S/C5H10N2O2.C4H8.C2H5NO.C2H7N/c1-6-4-5(9)7-2-3-8;1-3-4-2;3-1-2-4;1-3-2/h3,6H,2,4H2,1H3,(H,7,9);3-4H,1-2H3;2H,1,3H2;3H,1-2H3/b;4-3+;;. The Hall–Kier alpha value is -1.57. The van der Waals surface area contributed by atoms with Gasteiger partial charge in [0.25, 0.3) is 0 Å². The zero-order valence-electron chi connectivity index (χ0n) is 13.2. The second kappa shape index (κ2) is 36.0. The lowest BCUT2D eigenvalue weighted by Crippen LogP contribution is -2.33. The molecule has 0 aromatic heterocycles. The number of carbonyl (C=O) groups is 3. The zero-order chi connectivity index (χ0) is 16.6. The summed E-state index contributed by atoms with van der Waals surface area (Å²) in [5.41, 5.74) is 4.66. The molecule has 0 radical (unpaired) electrons. The number of hydrogen-bond donors (Lipinski definition) is 4. The van der Waals surface area contributed by atoms with Crippen LogP contribution in [0.1, 0.15) is 13.8 Å². The van der Waals surface area contributed by atoms with Crippen molar-refractivity contribution >= 4 is 18.5 Å². The van der Waals surface area contributed by atoms with Crippen molar-refractivity contribution in [2.45, 2.75) is 13.8 Å². The number of likely N-dealkylation sites (N-methyl/N-ethyl adjacent to an activating group) is 1. The number of allylic oxidation sites excluding steroid dienone is 2. The van der Waals surface area contributed by atoms with E-state index in [1.165, 1.54) is 0 Å². The van der Waals surface area contributed by atoms with Crippen LogP contribution < -0.4 is 21.7 Å². The Kier molecular flexibility index (Phi) is 48.4. The first-order chi connectivity index (χ1) is 9.55. The molecule has 7 nitrogen and oxygen atoms in total. The van der Waals surface area contributed by atoms with E-state index in [1.807, 2.05) is 40.1 Å². The molecule has 0 fully saturated rings. The van der Waals surface area contributed by atoms with Gasteiger partial charge < -0.3 is 31.3 Å². The minimum atomic E-state index is -0.162. The van der Waals surface area contributed by atoms with Gasteiger partial charge >= 0.3 is 0 Å². The predicted octanol–water partition coefficient (Wildman–Crippen LogP) is -0.917. The van der Waals surface area contributed by atoms with Gasteiger partial charge in [0.15, 0.2) is 0 Å². The highest BCUT2D eigenvalue weighted by Gasteiger charge is 1.93. The van der Waals surface area contributed by atoms with Gasteiger partial charge in [-0.05, 0) is 35.0 Å². The van der Waals surface area contributed by atoms with Gasteiger partial charge in [0.05, 0.1) is 13.1 Å². The second-order valence-corrected chi connectivity index (χ2v) is 3.07. The first-order valence-corrected chi connectivity index (χ1v) is 6.20. The molecule has 5 N–H and O–H groups in total. The minimum absolute atomic E-state index is 0.0977. The van der Waals surface area contributed by atoms with E-state index in [-0.39, 0.29) is 25.5 Å². The van der Waals surface area contributed by atoms with Gasteiger partial charge in [0.2, 0.25) is 5.91 Å². The van der Waals surface area contributed by atoms with Crippen LogP contribution in [0.4, 0.5) is 0 Å². The third kappa shape index (κ3) is 70.9. The number of nitrogens with two attached hydrogens (primary N) is 1. The van der Waals surface area contributed by atoms with Crippen LogP contribution in [-0.2, 0) is 14.4 Å². The molecule has 1 amide bonds. The lowest BCUT2D eigenvalue weighted by atomic mass is 10.5. The third-order valence-electron chi connectivity index (χ3n) is 1.15. The fourth-order valence-electron chi connectivity index (χ4n) is 0.379. The number of carbonyl (C=O) groups excluding carboxylic acids is 3. The Balaban J connectivity index is -0.0000000976. The molecule has 0 aliphatic rings. The minimum Gasteiger partial charge on any atom is -0.348 e. The molecule has 0 rings (SSSR count).